The van der Waals surface area contributed by atoms with E-state index in [1.807, 2.05) is 13.1 Å². The highest BCUT2D eigenvalue weighted by Crippen LogP contribution is 2.25. The third kappa shape index (κ3) is 4.90. The molecule has 1 aromatic rings. The Morgan fingerprint density at radius 2 is 2.08 bits per heavy atom. The van der Waals surface area contributed by atoms with Gasteiger partial charge >= 0.3 is 0 Å². The number of anilines is 1. The van der Waals surface area contributed by atoms with E-state index in [0.717, 1.165) is 63.9 Å². The fourth-order valence-electron chi connectivity index (χ4n) is 3.83. The molecule has 0 bridgehead atoms. The minimum Gasteiger partial charge on any atom is -0.376 e. The minimum absolute atomic E-state index is 0.220. The quantitative estimate of drug-likeness (QED) is 0.784. The van der Waals surface area contributed by atoms with Gasteiger partial charge in [-0.2, -0.15) is 0 Å². The second kappa shape index (κ2) is 8.92. The van der Waals surface area contributed by atoms with E-state index >= 15 is 0 Å². The van der Waals surface area contributed by atoms with Crippen LogP contribution in [0.1, 0.15) is 37.6 Å². The van der Waals surface area contributed by atoms with Gasteiger partial charge in [0.25, 0.3) is 0 Å². The molecular formula is C19H32N4O2. The molecule has 2 aliphatic heterocycles. The second-order valence-electron chi connectivity index (χ2n) is 7.24. The molecule has 2 fully saturated rings. The summed E-state index contributed by atoms with van der Waals surface area (Å²) in [5.41, 5.74) is 1.28. The highest BCUT2D eigenvalue weighted by Gasteiger charge is 2.27. The van der Waals surface area contributed by atoms with Gasteiger partial charge in [0.2, 0.25) is 0 Å². The van der Waals surface area contributed by atoms with Crippen molar-refractivity contribution in [2.75, 3.05) is 51.4 Å². The van der Waals surface area contributed by atoms with Gasteiger partial charge in [0.1, 0.15) is 11.6 Å². The van der Waals surface area contributed by atoms with Crippen molar-refractivity contribution in [1.82, 2.24) is 14.9 Å². The monoisotopic (exact) mass is 348 g/mol. The zero-order valence-corrected chi connectivity index (χ0v) is 15.9. The number of aryl methyl sites for hydroxylation is 2. The van der Waals surface area contributed by atoms with Gasteiger partial charge in [0.05, 0.1) is 25.9 Å². The normalized spacial score (nSPS) is 22.6. The van der Waals surface area contributed by atoms with Crippen molar-refractivity contribution in [3.05, 3.63) is 17.6 Å². The number of nitrogens with zero attached hydrogens (tertiary/aromatic N) is 4. The van der Waals surface area contributed by atoms with Gasteiger partial charge in [0.15, 0.2) is 0 Å². The van der Waals surface area contributed by atoms with Crippen LogP contribution in [0.4, 0.5) is 5.82 Å². The Balaban J connectivity index is 1.55. The van der Waals surface area contributed by atoms with Gasteiger partial charge in [-0.3, -0.25) is 0 Å². The Bertz CT molecular complexity index is 540. The average Bonchev–Trinajstić information content (AvgIpc) is 2.64. The summed E-state index contributed by atoms with van der Waals surface area (Å²) < 4.78 is 11.3. The SMILES string of the molecule is CCCc1cnc(C)nc1N1CCC(N(C)CC2COCCO2)CC1. The second-order valence-corrected chi connectivity index (χ2v) is 7.24. The molecule has 0 amide bonds. The van der Waals surface area contributed by atoms with E-state index in [1.54, 1.807) is 0 Å². The van der Waals surface area contributed by atoms with Crippen LogP contribution in [0.25, 0.3) is 0 Å². The maximum absolute atomic E-state index is 5.79. The van der Waals surface area contributed by atoms with Crippen LogP contribution in [0.3, 0.4) is 0 Å². The van der Waals surface area contributed by atoms with Gasteiger partial charge in [-0.1, -0.05) is 13.3 Å². The van der Waals surface area contributed by atoms with E-state index in [-0.39, 0.29) is 6.10 Å². The number of rotatable bonds is 6. The van der Waals surface area contributed by atoms with Crippen LogP contribution in [0, 0.1) is 6.92 Å². The fraction of sp³-hybridized carbons (Fsp3) is 0.789. The molecule has 25 heavy (non-hydrogen) atoms. The van der Waals surface area contributed by atoms with Crippen LogP contribution in [0.5, 0.6) is 0 Å². The van der Waals surface area contributed by atoms with Gasteiger partial charge in [-0.25, -0.2) is 9.97 Å². The number of hydrogen-bond acceptors (Lipinski definition) is 6. The third-order valence-corrected chi connectivity index (χ3v) is 5.25. The molecule has 1 atom stereocenters. The van der Waals surface area contributed by atoms with Crippen LogP contribution < -0.4 is 4.90 Å². The number of aromatic nitrogens is 2. The Labute approximate surface area is 151 Å². The van der Waals surface area contributed by atoms with Crippen molar-refractivity contribution in [1.29, 1.82) is 0 Å². The lowest BCUT2D eigenvalue weighted by Crippen LogP contribution is -2.47. The van der Waals surface area contributed by atoms with Gasteiger partial charge in [-0.15, -0.1) is 0 Å². The summed E-state index contributed by atoms with van der Waals surface area (Å²) in [6.07, 6.45) is 6.74. The van der Waals surface area contributed by atoms with Gasteiger partial charge in [0, 0.05) is 37.4 Å². The first-order valence-corrected chi connectivity index (χ1v) is 9.64. The standard InChI is InChI=1S/C19H32N4O2/c1-4-5-16-12-20-15(2)21-19(16)23-8-6-17(7-9-23)22(3)13-18-14-24-10-11-25-18/h12,17-18H,4-11,13-14H2,1-3H3. The molecule has 3 rings (SSSR count). The Morgan fingerprint density at radius 1 is 1.28 bits per heavy atom. The maximum atomic E-state index is 5.79. The molecule has 1 unspecified atom stereocenters. The molecule has 2 saturated heterocycles. The Morgan fingerprint density at radius 3 is 2.76 bits per heavy atom. The summed E-state index contributed by atoms with van der Waals surface area (Å²) in [4.78, 5) is 14.0. The van der Waals surface area contributed by atoms with Crippen LogP contribution in [-0.4, -0.2) is 73.5 Å². The van der Waals surface area contributed by atoms with Crippen molar-refractivity contribution in [3.8, 4) is 0 Å². The van der Waals surface area contributed by atoms with Crippen LogP contribution in [0.15, 0.2) is 6.20 Å². The van der Waals surface area contributed by atoms with E-state index in [9.17, 15) is 0 Å². The van der Waals surface area contributed by atoms with E-state index in [2.05, 4.69) is 28.8 Å². The number of piperidine rings is 1. The molecule has 0 N–H and O–H groups in total. The molecule has 3 heterocycles. The molecule has 0 aromatic carbocycles. The number of likely N-dealkylation sites (N-methyl/N-ethyl adjacent to an activating group) is 1. The molecule has 6 heteroatoms. The van der Waals surface area contributed by atoms with E-state index in [1.165, 1.54) is 18.4 Å². The fourth-order valence-corrected chi connectivity index (χ4v) is 3.83. The zero-order chi connectivity index (χ0) is 17.6. The number of hydrogen-bond donors (Lipinski definition) is 0. The highest BCUT2D eigenvalue weighted by molar-refractivity contribution is 5.46. The third-order valence-electron chi connectivity index (χ3n) is 5.25. The lowest BCUT2D eigenvalue weighted by Gasteiger charge is -2.39. The van der Waals surface area contributed by atoms with E-state index in [4.69, 9.17) is 14.5 Å². The van der Waals surface area contributed by atoms with Crippen molar-refractivity contribution in [2.45, 2.75) is 51.7 Å². The first-order valence-electron chi connectivity index (χ1n) is 9.64. The minimum atomic E-state index is 0.220. The van der Waals surface area contributed by atoms with E-state index < -0.39 is 0 Å². The van der Waals surface area contributed by atoms with Crippen molar-refractivity contribution < 1.29 is 9.47 Å². The molecule has 0 saturated carbocycles. The maximum Gasteiger partial charge on any atom is 0.135 e. The van der Waals surface area contributed by atoms with E-state index in [0.29, 0.717) is 6.04 Å². The van der Waals surface area contributed by atoms with Gasteiger partial charge in [-0.05, 0) is 33.2 Å². The Hall–Kier alpha value is -1.24. The zero-order valence-electron chi connectivity index (χ0n) is 15.9. The van der Waals surface area contributed by atoms with Crippen LogP contribution in [-0.2, 0) is 15.9 Å². The first kappa shape index (κ1) is 18.5. The number of ether oxygens (including phenoxy) is 2. The summed E-state index contributed by atoms with van der Waals surface area (Å²) in [5.74, 6) is 2.02. The summed E-state index contributed by atoms with van der Waals surface area (Å²) >= 11 is 0. The van der Waals surface area contributed by atoms with Crippen molar-refractivity contribution >= 4 is 5.82 Å². The average molecular weight is 348 g/mol. The van der Waals surface area contributed by atoms with Crippen LogP contribution >= 0.6 is 0 Å². The molecule has 2 aliphatic rings. The molecule has 0 spiro atoms. The lowest BCUT2D eigenvalue weighted by atomic mass is 10.0. The Kier molecular flexibility index (Phi) is 6.62. The lowest BCUT2D eigenvalue weighted by molar-refractivity contribution is -0.0989. The summed E-state index contributed by atoms with van der Waals surface area (Å²) in [6, 6.07) is 0.610. The molecule has 0 aliphatic carbocycles. The largest absolute Gasteiger partial charge is 0.376 e. The predicted molar refractivity (Wildman–Crippen MR) is 99.2 cm³/mol. The smallest absolute Gasteiger partial charge is 0.135 e. The molecule has 1 aromatic heterocycles. The first-order chi connectivity index (χ1) is 12.2. The summed E-state index contributed by atoms with van der Waals surface area (Å²) in [6.45, 7) is 9.45. The molecular weight excluding hydrogens is 316 g/mol. The van der Waals surface area contributed by atoms with Crippen molar-refractivity contribution in [2.24, 2.45) is 0 Å². The van der Waals surface area contributed by atoms with Crippen molar-refractivity contribution in [3.63, 3.8) is 0 Å². The highest BCUT2D eigenvalue weighted by atomic mass is 16.6. The predicted octanol–water partition coefficient (Wildman–Crippen LogP) is 2.05. The summed E-state index contributed by atoms with van der Waals surface area (Å²) in [7, 11) is 2.22. The van der Waals surface area contributed by atoms with Crippen LogP contribution in [0.2, 0.25) is 0 Å². The molecule has 140 valence electrons. The molecule has 0 radical (unpaired) electrons. The summed E-state index contributed by atoms with van der Waals surface area (Å²) in [5, 5.41) is 0. The van der Waals surface area contributed by atoms with Gasteiger partial charge < -0.3 is 19.3 Å². The topological polar surface area (TPSA) is 50.7 Å². The molecule has 6 nitrogen and oxygen atoms in total.